The van der Waals surface area contributed by atoms with Crippen LogP contribution >= 0.6 is 24.0 Å². The molecule has 7 rings (SSSR count). The van der Waals surface area contributed by atoms with E-state index in [4.69, 9.17) is 27.8 Å². The number of allylic oxidation sites excluding steroid dienone is 7. The number of anilines is 1. The van der Waals surface area contributed by atoms with E-state index in [1.807, 2.05) is 56.9 Å². The zero-order valence-electron chi connectivity index (χ0n) is 76.2. The fourth-order valence-corrected chi connectivity index (χ4v) is 18.2. The molecule has 3 heterocycles. The molecule has 750 valence electrons. The molecule has 7 amide bonds. The Morgan fingerprint density at radius 2 is 1.17 bits per heavy atom. The van der Waals surface area contributed by atoms with E-state index in [0.717, 1.165) is 27.5 Å². The smallest absolute Gasteiger partial charge is 0.327 e. The first-order chi connectivity index (χ1) is 64.4. The minimum Gasteiger partial charge on any atom is -0.494 e. The van der Waals surface area contributed by atoms with Gasteiger partial charge in [-0.3, -0.25) is 61.4 Å². The summed E-state index contributed by atoms with van der Waals surface area (Å²) >= 11 is 5.67. The number of ether oxygens (including phenoxy) is 1. The maximum Gasteiger partial charge on any atom is 0.327 e. The number of benzene rings is 3. The van der Waals surface area contributed by atoms with E-state index in [-0.39, 0.29) is 107 Å². The van der Waals surface area contributed by atoms with Gasteiger partial charge < -0.3 is 104 Å². The third-order valence-corrected chi connectivity index (χ3v) is 26.3. The number of nitrogens with two attached hydrogens (primary N) is 1. The highest BCUT2D eigenvalue weighted by Crippen LogP contribution is 2.52. The number of nitrogens with one attached hydrogen (secondary N) is 9. The summed E-state index contributed by atoms with van der Waals surface area (Å²) in [5.41, 5.74) is 9.75. The summed E-state index contributed by atoms with van der Waals surface area (Å²) < 4.78 is 110. The van der Waals surface area contributed by atoms with Crippen molar-refractivity contribution in [1.82, 2.24) is 57.3 Å². The van der Waals surface area contributed by atoms with E-state index >= 15 is 0 Å². The highest BCUT2D eigenvalue weighted by molar-refractivity contribution is 7.99. The van der Waals surface area contributed by atoms with Crippen molar-refractivity contribution < 1.29 is 137 Å². The third kappa shape index (κ3) is 36.6. The Morgan fingerprint density at radius 3 is 1.76 bits per heavy atom. The number of thioether (sulfide) groups is 1. The summed E-state index contributed by atoms with van der Waals surface area (Å²) in [4.78, 5) is 158. The van der Waals surface area contributed by atoms with Crippen LogP contribution in [0.2, 0.25) is 0 Å². The molecule has 9 atom stereocenters. The summed E-state index contributed by atoms with van der Waals surface area (Å²) in [5.74, 6) is -15.3. The van der Waals surface area contributed by atoms with Crippen molar-refractivity contribution in [2.45, 2.75) is 220 Å². The van der Waals surface area contributed by atoms with Gasteiger partial charge in [0, 0.05) is 124 Å². The number of hydrogen-bond acceptors (Lipinski definition) is 26. The van der Waals surface area contributed by atoms with E-state index in [1.54, 1.807) is 90.7 Å². The molecule has 0 bridgehead atoms. The van der Waals surface area contributed by atoms with Gasteiger partial charge in [0.05, 0.1) is 27.7 Å². The lowest BCUT2D eigenvalue weighted by Gasteiger charge is -2.35. The zero-order valence-corrected chi connectivity index (χ0v) is 80.3. The van der Waals surface area contributed by atoms with E-state index in [1.165, 1.54) is 18.2 Å². The van der Waals surface area contributed by atoms with Gasteiger partial charge in [0.2, 0.25) is 47.2 Å². The molecule has 0 spiro atoms. The molecule has 0 saturated heterocycles. The number of rotatable bonds is 58. The molecule has 9 unspecified atom stereocenters. The number of thiocarbonyl (C=S) groups is 1. The van der Waals surface area contributed by atoms with Crippen LogP contribution in [0.25, 0.3) is 0 Å². The van der Waals surface area contributed by atoms with E-state index in [0.29, 0.717) is 90.8 Å². The van der Waals surface area contributed by atoms with Crippen molar-refractivity contribution in [2.24, 2.45) is 11.1 Å². The fourth-order valence-electron chi connectivity index (χ4n) is 15.4. The lowest BCUT2D eigenvalue weighted by molar-refractivity contribution is -0.143. The molecule has 42 nitrogen and oxygen atoms in total. The van der Waals surface area contributed by atoms with Crippen LogP contribution in [0.15, 0.2) is 166 Å². The number of likely N-dealkylation sites (N-methyl/N-ethyl adjacent to an activating group) is 1. The van der Waals surface area contributed by atoms with Gasteiger partial charge in [0.25, 0.3) is 30.4 Å². The predicted molar refractivity (Wildman–Crippen MR) is 507 cm³/mol. The lowest BCUT2D eigenvalue weighted by atomic mass is 9.77. The van der Waals surface area contributed by atoms with Gasteiger partial charge in [-0.05, 0) is 154 Å². The maximum absolute atomic E-state index is 14.3. The summed E-state index contributed by atoms with van der Waals surface area (Å²) in [6, 6.07) is 11.1. The van der Waals surface area contributed by atoms with Crippen molar-refractivity contribution in [3.05, 3.63) is 172 Å². The van der Waals surface area contributed by atoms with Crippen LogP contribution in [0.5, 0.6) is 11.8 Å². The second-order valence-corrected chi connectivity index (χ2v) is 40.1. The van der Waals surface area contributed by atoms with Crippen molar-refractivity contribution in [1.29, 1.82) is 0 Å². The molecule has 0 saturated carbocycles. The van der Waals surface area contributed by atoms with E-state index < -0.39 is 214 Å². The Bertz CT molecular complexity index is 5570. The SMILES string of the molecule is CCN(CCCS(=O)(=O)O)C1=CC2OC(C=CC=C3N(CCCS(=O)(=O)O)c4ccc(S(=O)(=O)O)cc4C3(C)CCCC(=O)NCCn3c(O)cc(SCC(NC(=O)C(CC(=O)O)NC(=O)C(N)CNC(=O)C(Cc4ccccc4)NC(=O)C(Cc4ccccc4)NC(=O)CCCCCCCNC(=O)CCC(NC(=S)NC(CCC(=O)O)C(=O)O)C(=O)O)C(=O)O)c3O)=CC(C(C)(C)C)=C2C=C1. The number of carbonyl (C=O) groups excluding carboxylic acids is 7. The van der Waals surface area contributed by atoms with Gasteiger partial charge in [-0.2, -0.15) is 25.3 Å². The average molecular weight is 2010 g/mol. The normalized spacial score (nSPS) is 16.6. The topological polar surface area (TPSA) is 664 Å². The fraction of sp³-hybridized carbons (Fsp3) is 0.478. The molecule has 0 fully saturated rings. The van der Waals surface area contributed by atoms with Crippen molar-refractivity contribution in [3.8, 4) is 11.8 Å². The number of aliphatic carboxylic acids is 5. The third-order valence-electron chi connectivity index (χ3n) is 22.5. The van der Waals surface area contributed by atoms with E-state index in [9.17, 15) is 127 Å². The monoisotopic (exact) mass is 2010 g/mol. The average Bonchev–Trinajstić information content (AvgIpc) is 1.57. The number of carboxylic acids is 5. The van der Waals surface area contributed by atoms with Gasteiger partial charge in [-0.25, -0.2) is 14.4 Å². The highest BCUT2D eigenvalue weighted by atomic mass is 32.2. The molecule has 1 aliphatic carbocycles. The van der Waals surface area contributed by atoms with Gasteiger partial charge in [0.15, 0.2) is 11.0 Å². The van der Waals surface area contributed by atoms with Gasteiger partial charge >= 0.3 is 29.8 Å². The summed E-state index contributed by atoms with van der Waals surface area (Å²) in [6.45, 7) is 9.68. The van der Waals surface area contributed by atoms with Crippen LogP contribution in [0, 0.1) is 5.41 Å². The molecular weight excluding hydrogens is 1890 g/mol. The van der Waals surface area contributed by atoms with Crippen LogP contribution in [0.1, 0.15) is 154 Å². The number of carboxylic acid groups (broad SMARTS) is 5. The molecule has 4 aromatic rings. The molecular formula is C90H121N13O29S5. The standard InChI is InChI=1S/C90H121N13O29S5/c1-6-101(41-20-44-135(123,124)125)57-30-32-60-61(89(2,3)4)49-58(132-71(60)48-57)26-18-27-73-90(5,62-50-59(137(129,130)131)31-35-70(62)102(73)42-21-45-136(126,127)128)38-19-29-74(104)93-40-43-103-77(107)52-72(84(103)116)134-54-69(87(121)122)98-83(115)68(51-79(110)111)96-80(112)63(91)53-94-81(113)66(46-55-22-12-10-13-23-55)97-82(114)67(47-56-24-14-11-15-25-56)95-76(106)28-16-8-7-9-17-39-92-75(105)36-33-64(85(117)118)99-88(133)100-65(86(119)120)34-37-78(108)109/h10-15,18,22-27,30-32,35,48-50,52,63-69,71,107,116H,6-9,16-17,19-21,28-29,33-34,36-47,51,53-54,91H2,1-5H3,(H,92,105)(H,93,104)(H,94,113)(H,95,106)(H,96,112)(H,97,114)(H,98,115)(H,108,109)(H,110,111)(H,117,118)(H,119,120)(H,121,122)(H2,99,100,133)(H,123,124,125)(H,126,127,128)(H,129,130,131). The van der Waals surface area contributed by atoms with Crippen molar-refractivity contribution >= 4 is 136 Å². The minimum absolute atomic E-state index is 0.00581. The van der Waals surface area contributed by atoms with Crippen molar-refractivity contribution in [3.63, 3.8) is 0 Å². The minimum atomic E-state index is -4.80. The van der Waals surface area contributed by atoms with Gasteiger partial charge in [-0.15, -0.1) is 11.8 Å². The number of fused-ring (bicyclic) bond motifs is 2. The molecule has 3 aliphatic rings. The first-order valence-corrected chi connectivity index (χ1v) is 50.2. The lowest BCUT2D eigenvalue weighted by Crippen LogP contribution is -2.58. The second kappa shape index (κ2) is 52.3. The summed E-state index contributed by atoms with van der Waals surface area (Å²) in [6.07, 6.45) is 12.5. The number of aromatic hydroxyl groups is 2. The number of hydrogen-bond donors (Lipinski definition) is 20. The predicted octanol–water partition coefficient (Wildman–Crippen LogP) is 4.60. The van der Waals surface area contributed by atoms with Crippen LogP contribution in [0.4, 0.5) is 5.69 Å². The largest absolute Gasteiger partial charge is 0.494 e. The molecule has 21 N–H and O–H groups in total. The van der Waals surface area contributed by atoms with Gasteiger partial charge in [-0.1, -0.05) is 113 Å². The Morgan fingerprint density at radius 1 is 0.606 bits per heavy atom. The highest BCUT2D eigenvalue weighted by Gasteiger charge is 2.45. The number of amides is 7. The Balaban J connectivity index is 0.922. The molecule has 2 aliphatic heterocycles. The van der Waals surface area contributed by atoms with E-state index in [2.05, 4.69) is 47.9 Å². The quantitative estimate of drug-likeness (QED) is 0.0124. The number of carbonyl (C=O) groups is 12. The van der Waals surface area contributed by atoms with Crippen molar-refractivity contribution in [2.75, 3.05) is 61.4 Å². The Labute approximate surface area is 802 Å². The number of aromatic nitrogens is 1. The first-order valence-electron chi connectivity index (χ1n) is 44.2. The molecule has 137 heavy (non-hydrogen) atoms. The summed E-state index contributed by atoms with van der Waals surface area (Å²) in [7, 11) is -13.5. The second-order valence-electron chi connectivity index (χ2n) is 34.1. The molecule has 47 heteroatoms. The van der Waals surface area contributed by atoms with Crippen LogP contribution < -0.4 is 58.5 Å². The zero-order chi connectivity index (χ0) is 101. The molecule has 1 aromatic heterocycles. The summed E-state index contributed by atoms with van der Waals surface area (Å²) in [5, 5.41) is 92.7. The number of nitrogens with zero attached hydrogens (tertiary/aromatic N) is 3. The van der Waals surface area contributed by atoms with Crippen LogP contribution in [-0.4, -0.2) is 265 Å². The molecule has 0 radical (unpaired) electrons. The van der Waals surface area contributed by atoms with Gasteiger partial charge in [0.1, 0.15) is 54.2 Å². The number of unbranched alkanes of at least 4 members (excludes halogenated alkanes) is 4. The van der Waals surface area contributed by atoms with Crippen LogP contribution in [0.3, 0.4) is 0 Å². The first kappa shape index (κ1) is 112. The maximum atomic E-state index is 14.3. The van der Waals surface area contributed by atoms with Crippen LogP contribution in [-0.2, 0) is 117 Å². The Hall–Kier alpha value is -12.2. The Kier molecular flexibility index (Phi) is 42.7. The molecule has 3 aromatic carbocycles.